The van der Waals surface area contributed by atoms with E-state index >= 15 is 0 Å². The highest BCUT2D eigenvalue weighted by atomic mass is 16.4. The highest BCUT2D eigenvalue weighted by Crippen LogP contribution is 2.17. The Morgan fingerprint density at radius 2 is 1.86 bits per heavy atom. The number of carboxylic acids is 1. The fourth-order valence-electron chi connectivity index (χ4n) is 1.55. The van der Waals surface area contributed by atoms with Gasteiger partial charge in [-0.3, -0.25) is 0 Å². The van der Waals surface area contributed by atoms with Crippen LogP contribution in [0, 0.1) is 13.1 Å². The zero-order valence-electron chi connectivity index (χ0n) is 11.8. The van der Waals surface area contributed by atoms with Gasteiger partial charge in [-0.1, -0.05) is 24.3 Å². The predicted octanol–water partition coefficient (Wildman–Crippen LogP) is 1.95. The van der Waals surface area contributed by atoms with Crippen molar-refractivity contribution in [1.82, 2.24) is 0 Å². The van der Waals surface area contributed by atoms with Crippen molar-refractivity contribution in [2.24, 2.45) is 0 Å². The maximum absolute atomic E-state index is 10.8. The summed E-state index contributed by atoms with van der Waals surface area (Å²) < 4.78 is 0. The molecule has 0 N–H and O–H groups in total. The van der Waals surface area contributed by atoms with Gasteiger partial charge in [0.2, 0.25) is 0 Å². The van der Waals surface area contributed by atoms with E-state index in [-0.39, 0.29) is 5.82 Å². The second-order valence-corrected chi connectivity index (χ2v) is 4.31. The SMILES string of the molecule is [C-]#[N+]C(=C/C=C/c1ccc(N(C)C(C)C(=O)[O-])cc1)[N+]#[C-]. The molecular weight excluding hydrogens is 266 g/mol. The van der Waals surface area contributed by atoms with Gasteiger partial charge in [-0.05, 0) is 24.6 Å². The number of carboxylic acid groups (broad SMARTS) is 1. The topological polar surface area (TPSA) is 52.1 Å². The maximum Gasteiger partial charge on any atom is 0.519 e. The molecule has 0 aliphatic rings. The summed E-state index contributed by atoms with van der Waals surface area (Å²) in [6.07, 6.45) is 4.84. The van der Waals surface area contributed by atoms with Gasteiger partial charge in [0.1, 0.15) is 13.1 Å². The van der Waals surface area contributed by atoms with Crippen LogP contribution in [0.2, 0.25) is 0 Å². The van der Waals surface area contributed by atoms with Crippen LogP contribution in [0.5, 0.6) is 0 Å². The second kappa shape index (κ2) is 7.52. The highest BCUT2D eigenvalue weighted by Gasteiger charge is 2.10. The molecule has 1 unspecified atom stereocenters. The number of carbonyl (C=O) groups excluding carboxylic acids is 1. The molecule has 0 fully saturated rings. The summed E-state index contributed by atoms with van der Waals surface area (Å²) in [6, 6.07) is 6.54. The molecule has 0 aromatic heterocycles. The third-order valence-corrected chi connectivity index (χ3v) is 2.99. The largest absolute Gasteiger partial charge is 0.548 e. The van der Waals surface area contributed by atoms with E-state index in [0.717, 1.165) is 11.3 Å². The Morgan fingerprint density at radius 1 is 1.29 bits per heavy atom. The molecule has 0 radical (unpaired) electrons. The molecule has 1 aromatic rings. The molecule has 1 aromatic carbocycles. The van der Waals surface area contributed by atoms with E-state index in [2.05, 4.69) is 9.69 Å². The van der Waals surface area contributed by atoms with Crippen molar-refractivity contribution >= 4 is 17.7 Å². The van der Waals surface area contributed by atoms with Gasteiger partial charge in [0.05, 0.1) is 12.0 Å². The lowest BCUT2D eigenvalue weighted by molar-refractivity contribution is -0.306. The van der Waals surface area contributed by atoms with Crippen molar-refractivity contribution in [2.75, 3.05) is 11.9 Å². The normalized spacial score (nSPS) is 11.2. The fraction of sp³-hybridized carbons (Fsp3) is 0.188. The van der Waals surface area contributed by atoms with Crippen LogP contribution in [0.3, 0.4) is 0 Å². The number of benzene rings is 1. The molecule has 0 saturated carbocycles. The first-order chi connectivity index (χ1) is 9.99. The van der Waals surface area contributed by atoms with Gasteiger partial charge in [0.25, 0.3) is 0 Å². The number of likely N-dealkylation sites (N-methyl/N-ethyl adjacent to an activating group) is 1. The van der Waals surface area contributed by atoms with Gasteiger partial charge in [-0.15, -0.1) is 0 Å². The number of nitrogens with zero attached hydrogens (tertiary/aromatic N) is 3. The Balaban J connectivity index is 2.82. The van der Waals surface area contributed by atoms with Crippen LogP contribution in [0.25, 0.3) is 15.8 Å². The average Bonchev–Trinajstić information content (AvgIpc) is 2.50. The molecular formula is C16H14N3O2-. The Kier molecular flexibility index (Phi) is 5.73. The minimum atomic E-state index is -1.13. The maximum atomic E-state index is 10.8. The Morgan fingerprint density at radius 3 is 2.33 bits per heavy atom. The van der Waals surface area contributed by atoms with Crippen LogP contribution in [-0.4, -0.2) is 19.1 Å². The van der Waals surface area contributed by atoms with Gasteiger partial charge in [-0.2, -0.15) is 9.69 Å². The summed E-state index contributed by atoms with van der Waals surface area (Å²) in [6.45, 7) is 15.0. The number of rotatable bonds is 5. The first-order valence-corrected chi connectivity index (χ1v) is 6.16. The fourth-order valence-corrected chi connectivity index (χ4v) is 1.55. The van der Waals surface area contributed by atoms with Crippen LogP contribution in [0.1, 0.15) is 12.5 Å². The Labute approximate surface area is 124 Å². The van der Waals surface area contributed by atoms with Crippen LogP contribution in [0.4, 0.5) is 5.69 Å². The van der Waals surface area contributed by atoms with E-state index in [0.29, 0.717) is 0 Å². The summed E-state index contributed by atoms with van der Waals surface area (Å²) in [7, 11) is 1.69. The number of hydrogen-bond acceptors (Lipinski definition) is 3. The second-order valence-electron chi connectivity index (χ2n) is 4.31. The van der Waals surface area contributed by atoms with E-state index in [4.69, 9.17) is 13.1 Å². The molecule has 1 atom stereocenters. The van der Waals surface area contributed by atoms with Crippen molar-refractivity contribution in [1.29, 1.82) is 0 Å². The van der Waals surface area contributed by atoms with E-state index in [1.807, 2.05) is 12.1 Å². The van der Waals surface area contributed by atoms with Crippen molar-refractivity contribution in [3.05, 3.63) is 70.6 Å². The summed E-state index contributed by atoms with van der Waals surface area (Å²) in [5.74, 6) is -1.12. The third-order valence-electron chi connectivity index (χ3n) is 2.99. The monoisotopic (exact) mass is 280 g/mol. The minimum Gasteiger partial charge on any atom is -0.548 e. The van der Waals surface area contributed by atoms with Crippen molar-refractivity contribution in [2.45, 2.75) is 13.0 Å². The lowest BCUT2D eigenvalue weighted by atomic mass is 10.1. The molecule has 5 nitrogen and oxygen atoms in total. The van der Waals surface area contributed by atoms with Gasteiger partial charge in [0.15, 0.2) is 0 Å². The Hall–Kier alpha value is -3.05. The molecule has 0 aliphatic carbocycles. The Bertz CT molecular complexity index is 630. The van der Waals surface area contributed by atoms with Gasteiger partial charge < -0.3 is 14.8 Å². The van der Waals surface area contributed by atoms with Gasteiger partial charge in [0, 0.05) is 18.8 Å². The summed E-state index contributed by atoms with van der Waals surface area (Å²) in [4.78, 5) is 18.5. The van der Waals surface area contributed by atoms with Crippen molar-refractivity contribution in [3.63, 3.8) is 0 Å². The summed E-state index contributed by atoms with van der Waals surface area (Å²) in [5, 5.41) is 10.8. The number of allylic oxidation sites excluding steroid dienone is 2. The van der Waals surface area contributed by atoms with Crippen LogP contribution in [-0.2, 0) is 4.79 Å². The van der Waals surface area contributed by atoms with E-state index in [1.165, 1.54) is 6.08 Å². The van der Waals surface area contributed by atoms with Gasteiger partial charge in [-0.25, -0.2) is 0 Å². The molecule has 0 saturated heterocycles. The molecule has 0 amide bonds. The van der Waals surface area contributed by atoms with Gasteiger partial charge >= 0.3 is 5.82 Å². The lowest BCUT2D eigenvalue weighted by Crippen LogP contribution is -2.44. The van der Waals surface area contributed by atoms with Crippen molar-refractivity contribution in [3.8, 4) is 0 Å². The van der Waals surface area contributed by atoms with E-state index in [1.54, 1.807) is 43.2 Å². The van der Waals surface area contributed by atoms with Crippen LogP contribution < -0.4 is 10.0 Å². The van der Waals surface area contributed by atoms with E-state index in [9.17, 15) is 9.90 Å². The zero-order valence-corrected chi connectivity index (χ0v) is 11.8. The summed E-state index contributed by atoms with van der Waals surface area (Å²) in [5.41, 5.74) is 1.65. The molecule has 0 heterocycles. The number of carbonyl (C=O) groups is 1. The highest BCUT2D eigenvalue weighted by molar-refractivity contribution is 5.75. The van der Waals surface area contributed by atoms with Crippen molar-refractivity contribution < 1.29 is 9.90 Å². The average molecular weight is 280 g/mol. The predicted molar refractivity (Wildman–Crippen MR) is 79.6 cm³/mol. The molecule has 0 spiro atoms. The standard InChI is InChI=1S/C16H15N3O2/c1-12(16(20)21)19(4)14-10-8-13(9-11-14)6-5-7-15(17-2)18-3/h5-12H,1,4H3,(H,20,21)/p-1/b6-5+. The smallest absolute Gasteiger partial charge is 0.519 e. The molecule has 0 aliphatic heterocycles. The molecule has 21 heavy (non-hydrogen) atoms. The molecule has 106 valence electrons. The number of hydrogen-bond donors (Lipinski definition) is 0. The quantitative estimate of drug-likeness (QED) is 0.612. The first kappa shape index (κ1) is 16.0. The van der Waals surface area contributed by atoms with E-state index < -0.39 is 12.0 Å². The molecule has 5 heteroatoms. The molecule has 0 bridgehead atoms. The van der Waals surface area contributed by atoms with Crippen LogP contribution in [0.15, 0.2) is 42.2 Å². The minimum absolute atomic E-state index is 0.00499. The first-order valence-electron chi connectivity index (χ1n) is 6.16. The lowest BCUT2D eigenvalue weighted by Gasteiger charge is -2.27. The summed E-state index contributed by atoms with van der Waals surface area (Å²) >= 11 is 0. The number of anilines is 1. The third kappa shape index (κ3) is 4.52. The zero-order chi connectivity index (χ0) is 15.8. The number of aliphatic carboxylic acids is 1. The molecule has 1 rings (SSSR count). The van der Waals surface area contributed by atoms with Crippen LogP contribution >= 0.6 is 0 Å².